The summed E-state index contributed by atoms with van der Waals surface area (Å²) < 4.78 is 14.5. The Balaban J connectivity index is 1.74. The summed E-state index contributed by atoms with van der Waals surface area (Å²) >= 11 is 2.24. The quantitative estimate of drug-likeness (QED) is 0.216. The Bertz CT molecular complexity index is 1150. The fraction of sp³-hybridized carbons (Fsp3) is 0. The topological polar surface area (TPSA) is 20.3 Å². The fourth-order valence-corrected chi connectivity index (χ4v) is 4.99. The molecule has 4 aromatic carbocycles. The van der Waals surface area contributed by atoms with Crippen LogP contribution in [0.15, 0.2) is 119 Å². The van der Waals surface area contributed by atoms with Crippen LogP contribution in [0.2, 0.25) is 0 Å². The van der Waals surface area contributed by atoms with Crippen molar-refractivity contribution in [3.63, 3.8) is 0 Å². The molecule has 0 aliphatic carbocycles. The lowest BCUT2D eigenvalue weighted by Gasteiger charge is -2.25. The third-order valence-electron chi connectivity index (χ3n) is 4.70. The van der Waals surface area contributed by atoms with E-state index in [2.05, 4.69) is 57.6 Å². The van der Waals surface area contributed by atoms with Crippen LogP contribution in [0, 0.1) is 3.57 Å². The molecule has 0 aromatic heterocycles. The normalized spacial score (nSPS) is 12.9. The van der Waals surface area contributed by atoms with E-state index in [0.29, 0.717) is 0 Å². The van der Waals surface area contributed by atoms with Gasteiger partial charge in [-0.25, -0.2) is 0 Å². The Labute approximate surface area is 186 Å². The summed E-state index contributed by atoms with van der Waals surface area (Å²) in [6, 6.07) is 36.0. The molecule has 0 spiro atoms. The average Bonchev–Trinajstić information content (AvgIpc) is 2.76. The van der Waals surface area contributed by atoms with Crippen molar-refractivity contribution in [2.75, 3.05) is 4.90 Å². The van der Waals surface area contributed by atoms with Crippen LogP contribution < -0.4 is 4.90 Å². The largest absolute Gasteiger partial charge is 0.311 e. The monoisotopic (exact) mass is 509 g/mol. The van der Waals surface area contributed by atoms with Gasteiger partial charge in [0, 0.05) is 39.9 Å². The van der Waals surface area contributed by atoms with Gasteiger partial charge in [0.15, 0.2) is 0 Å². The van der Waals surface area contributed by atoms with Crippen molar-refractivity contribution in [2.45, 2.75) is 9.79 Å². The second-order valence-corrected chi connectivity index (χ2v) is 10.2. The summed E-state index contributed by atoms with van der Waals surface area (Å²) in [4.78, 5) is 3.65. The van der Waals surface area contributed by atoms with Crippen LogP contribution in [0.3, 0.4) is 0 Å². The summed E-state index contributed by atoms with van der Waals surface area (Å²) in [5.41, 5.74) is 3.14. The van der Waals surface area contributed by atoms with Gasteiger partial charge in [-0.2, -0.15) is 0 Å². The van der Waals surface area contributed by atoms with Gasteiger partial charge in [0.1, 0.15) is 0 Å². The van der Waals surface area contributed by atoms with E-state index < -0.39 is 9.52 Å². The molecule has 0 N–H and O–H groups in total. The summed E-state index contributed by atoms with van der Waals surface area (Å²) in [5.74, 6) is 4.04. The minimum atomic E-state index is -2.55. The highest BCUT2D eigenvalue weighted by molar-refractivity contribution is 14.1. The zero-order chi connectivity index (χ0) is 20.3. The molecule has 4 heteroatoms. The predicted octanol–water partition coefficient (Wildman–Crippen LogP) is 6.90. The number of hydrogen-bond acceptors (Lipinski definition) is 2. The van der Waals surface area contributed by atoms with Crippen molar-refractivity contribution < 1.29 is 4.21 Å². The first kappa shape index (κ1) is 19.7. The molecule has 0 radical (unpaired) electrons. The Kier molecular flexibility index (Phi) is 5.74. The molecule has 1 atom stereocenters. The number of hydrogen-bond donors (Lipinski definition) is 0. The molecule has 4 aromatic rings. The lowest BCUT2D eigenvalue weighted by atomic mass is 10.2. The van der Waals surface area contributed by atoms with E-state index >= 15 is 0 Å². The molecule has 0 aliphatic heterocycles. The highest BCUT2D eigenvalue weighted by atomic mass is 127. The van der Waals surface area contributed by atoms with Crippen LogP contribution in [0.1, 0.15) is 0 Å². The van der Waals surface area contributed by atoms with Crippen molar-refractivity contribution in [3.05, 3.63) is 113 Å². The first-order valence-corrected chi connectivity index (χ1v) is 12.0. The van der Waals surface area contributed by atoms with Crippen molar-refractivity contribution in [1.29, 1.82) is 0 Å². The highest BCUT2D eigenvalue weighted by Gasteiger charge is 2.15. The Hall–Kier alpha value is -2.57. The van der Waals surface area contributed by atoms with Crippen molar-refractivity contribution in [2.24, 2.45) is 0 Å². The fourth-order valence-electron chi connectivity index (χ4n) is 3.21. The molecule has 29 heavy (non-hydrogen) atoms. The second kappa shape index (κ2) is 8.43. The molecule has 2 nitrogen and oxygen atoms in total. The van der Waals surface area contributed by atoms with Gasteiger partial charge in [0.25, 0.3) is 0 Å². The van der Waals surface area contributed by atoms with Crippen LogP contribution in [0.4, 0.5) is 17.1 Å². The van der Waals surface area contributed by atoms with E-state index in [-0.39, 0.29) is 0 Å². The number of anilines is 3. The van der Waals surface area contributed by atoms with E-state index in [0.717, 1.165) is 30.4 Å². The minimum absolute atomic E-state index is 0.725. The van der Waals surface area contributed by atoms with Gasteiger partial charge < -0.3 is 4.90 Å². The molecule has 1 unspecified atom stereocenters. The molecule has 0 heterocycles. The standard InChI is InChI=1S/C25H20INOS/c1-29(28,24-16-12-20(26)13-17-24)25-18-14-23(15-19-25)27(21-8-4-2-5-9-21)22-10-6-3-7-11-22/h2-19H,1H2. The second-order valence-electron chi connectivity index (χ2n) is 6.63. The maximum atomic E-state index is 13.4. The number of halogens is 1. The molecular weight excluding hydrogens is 489 g/mol. The number of nitrogens with zero attached hydrogens (tertiary/aromatic N) is 1. The van der Waals surface area contributed by atoms with E-state index in [1.807, 2.05) is 84.9 Å². The zero-order valence-corrected chi connectivity index (χ0v) is 18.7. The number of benzene rings is 4. The molecule has 0 saturated carbocycles. The molecule has 0 bridgehead atoms. The lowest BCUT2D eigenvalue weighted by molar-refractivity contribution is 0.681. The molecule has 0 saturated heterocycles. The zero-order valence-electron chi connectivity index (χ0n) is 15.7. The minimum Gasteiger partial charge on any atom is -0.311 e. The third kappa shape index (κ3) is 4.23. The highest BCUT2D eigenvalue weighted by Crippen LogP contribution is 2.35. The lowest BCUT2D eigenvalue weighted by Crippen LogP contribution is -2.10. The molecular formula is C25H20INOS. The summed E-state index contributed by atoms with van der Waals surface area (Å²) in [6.07, 6.45) is 0. The Morgan fingerprint density at radius 1 is 0.586 bits per heavy atom. The van der Waals surface area contributed by atoms with Crippen LogP contribution in [0.25, 0.3) is 0 Å². The van der Waals surface area contributed by atoms with Gasteiger partial charge in [0.2, 0.25) is 0 Å². The van der Waals surface area contributed by atoms with Gasteiger partial charge in [0.05, 0.1) is 0 Å². The van der Waals surface area contributed by atoms with Gasteiger partial charge in [-0.05, 0) is 101 Å². The van der Waals surface area contributed by atoms with Crippen LogP contribution in [0.5, 0.6) is 0 Å². The van der Waals surface area contributed by atoms with Gasteiger partial charge in [-0.15, -0.1) is 0 Å². The van der Waals surface area contributed by atoms with Crippen LogP contribution in [-0.2, 0) is 9.52 Å². The van der Waals surface area contributed by atoms with Gasteiger partial charge >= 0.3 is 0 Å². The van der Waals surface area contributed by atoms with Crippen LogP contribution >= 0.6 is 22.6 Å². The summed E-state index contributed by atoms with van der Waals surface area (Å²) in [5, 5.41) is 0. The molecule has 0 fully saturated rings. The Morgan fingerprint density at radius 3 is 1.41 bits per heavy atom. The number of rotatable bonds is 5. The smallest absolute Gasteiger partial charge is 0.0462 e. The van der Waals surface area contributed by atoms with Crippen LogP contribution in [-0.4, -0.2) is 10.1 Å². The van der Waals surface area contributed by atoms with E-state index in [1.165, 1.54) is 0 Å². The Morgan fingerprint density at radius 2 is 0.966 bits per heavy atom. The SMILES string of the molecule is C=S(=O)(c1ccc(I)cc1)c1ccc(N(c2ccccc2)c2ccccc2)cc1. The summed E-state index contributed by atoms with van der Waals surface area (Å²) in [7, 11) is -2.55. The first-order chi connectivity index (χ1) is 14.1. The maximum Gasteiger partial charge on any atom is 0.0462 e. The maximum absolute atomic E-state index is 13.4. The van der Waals surface area contributed by atoms with E-state index in [4.69, 9.17) is 0 Å². The van der Waals surface area contributed by atoms with E-state index in [9.17, 15) is 4.21 Å². The van der Waals surface area contributed by atoms with Crippen molar-refractivity contribution >= 4 is 55.0 Å². The molecule has 0 amide bonds. The first-order valence-electron chi connectivity index (χ1n) is 9.19. The molecule has 144 valence electrons. The number of para-hydroxylation sites is 2. The summed E-state index contributed by atoms with van der Waals surface area (Å²) in [6.45, 7) is 0. The van der Waals surface area contributed by atoms with Gasteiger partial charge in [-0.1, -0.05) is 36.4 Å². The van der Waals surface area contributed by atoms with Crippen molar-refractivity contribution in [3.8, 4) is 0 Å². The van der Waals surface area contributed by atoms with Crippen molar-refractivity contribution in [1.82, 2.24) is 0 Å². The molecule has 0 aliphatic rings. The van der Waals surface area contributed by atoms with E-state index in [1.54, 1.807) is 0 Å². The molecule has 4 rings (SSSR count). The van der Waals surface area contributed by atoms with Gasteiger partial charge in [-0.3, -0.25) is 4.21 Å². The predicted molar refractivity (Wildman–Crippen MR) is 132 cm³/mol. The third-order valence-corrected chi connectivity index (χ3v) is 7.49. The average molecular weight is 509 g/mol.